The van der Waals surface area contributed by atoms with Gasteiger partial charge in [0.15, 0.2) is 0 Å². The molecule has 0 N–H and O–H groups in total. The second-order valence-corrected chi connectivity index (χ2v) is 9.89. The van der Waals surface area contributed by atoms with Crippen LogP contribution in [-0.2, 0) is 17.8 Å². The zero-order valence-corrected chi connectivity index (χ0v) is 19.6. The Morgan fingerprint density at radius 3 is 2.32 bits per heavy atom. The van der Waals surface area contributed by atoms with E-state index in [1.54, 1.807) is 6.20 Å². The number of aromatic nitrogens is 2. The van der Waals surface area contributed by atoms with Gasteiger partial charge in [-0.15, -0.1) is 0 Å². The Balaban J connectivity index is 1.36. The van der Waals surface area contributed by atoms with Crippen LogP contribution in [-0.4, -0.2) is 81.1 Å². The van der Waals surface area contributed by atoms with Gasteiger partial charge >= 0.3 is 0 Å². The highest BCUT2D eigenvalue weighted by Gasteiger charge is 2.39. The number of likely N-dealkylation sites (tertiary alicyclic amines) is 1. The summed E-state index contributed by atoms with van der Waals surface area (Å²) >= 11 is 0. The van der Waals surface area contributed by atoms with Crippen molar-refractivity contribution in [2.24, 2.45) is 5.92 Å². The predicted molar refractivity (Wildman–Crippen MR) is 121 cm³/mol. The van der Waals surface area contributed by atoms with E-state index in [0.717, 1.165) is 43.6 Å². The molecule has 172 valence electrons. The first-order chi connectivity index (χ1) is 15.0. The Morgan fingerprint density at radius 1 is 1.00 bits per heavy atom. The van der Waals surface area contributed by atoms with Crippen molar-refractivity contribution < 1.29 is 9.59 Å². The molecule has 7 heteroatoms. The lowest BCUT2D eigenvalue weighted by atomic mass is 10.1. The second-order valence-electron chi connectivity index (χ2n) is 9.89. The van der Waals surface area contributed by atoms with Crippen molar-refractivity contribution in [2.75, 3.05) is 32.7 Å². The maximum atomic E-state index is 13.3. The van der Waals surface area contributed by atoms with Gasteiger partial charge in [0.2, 0.25) is 5.91 Å². The van der Waals surface area contributed by atoms with Crippen LogP contribution in [0.25, 0.3) is 0 Å². The van der Waals surface area contributed by atoms with Crippen molar-refractivity contribution in [3.05, 3.63) is 17.5 Å². The normalized spacial score (nSPS) is 23.3. The van der Waals surface area contributed by atoms with Gasteiger partial charge in [0.25, 0.3) is 5.91 Å². The summed E-state index contributed by atoms with van der Waals surface area (Å²) in [5.74, 6) is 0.838. The summed E-state index contributed by atoms with van der Waals surface area (Å²) in [5, 5.41) is 4.48. The SMILES string of the molecule is CCc1c(C(=O)N2CCN(C(=O)C3CCCN3C3CCCC3)CC2)cnn1CC(C)C. The number of carbonyl (C=O) groups excluding carboxylic acids is 2. The minimum Gasteiger partial charge on any atom is -0.338 e. The average Bonchev–Trinajstić information content (AvgIpc) is 3.52. The van der Waals surface area contributed by atoms with Crippen molar-refractivity contribution >= 4 is 11.8 Å². The van der Waals surface area contributed by atoms with Crippen LogP contribution in [0.3, 0.4) is 0 Å². The zero-order chi connectivity index (χ0) is 22.0. The lowest BCUT2D eigenvalue weighted by molar-refractivity contribution is -0.138. The second kappa shape index (κ2) is 9.72. The van der Waals surface area contributed by atoms with E-state index >= 15 is 0 Å². The molecule has 0 spiro atoms. The molecule has 3 fully saturated rings. The van der Waals surface area contributed by atoms with E-state index in [0.29, 0.717) is 38.1 Å². The van der Waals surface area contributed by atoms with Crippen LogP contribution >= 0.6 is 0 Å². The summed E-state index contributed by atoms with van der Waals surface area (Å²) in [7, 11) is 0. The van der Waals surface area contributed by atoms with Crippen molar-refractivity contribution in [2.45, 2.75) is 84.3 Å². The Hall–Kier alpha value is -1.89. The quantitative estimate of drug-likeness (QED) is 0.698. The molecule has 3 heterocycles. The van der Waals surface area contributed by atoms with Crippen LogP contribution in [0, 0.1) is 5.92 Å². The minimum absolute atomic E-state index is 0.0614. The van der Waals surface area contributed by atoms with Gasteiger partial charge in [-0.25, -0.2) is 0 Å². The molecule has 1 unspecified atom stereocenters. The van der Waals surface area contributed by atoms with Crippen molar-refractivity contribution in [3.63, 3.8) is 0 Å². The monoisotopic (exact) mass is 429 g/mol. The van der Waals surface area contributed by atoms with Gasteiger partial charge in [-0.2, -0.15) is 5.10 Å². The molecule has 2 aliphatic heterocycles. The number of amides is 2. The number of piperazine rings is 1. The molecular formula is C24H39N5O2. The number of nitrogens with zero attached hydrogens (tertiary/aromatic N) is 5. The minimum atomic E-state index is 0.0614. The summed E-state index contributed by atoms with van der Waals surface area (Å²) in [6, 6.07) is 0.667. The lowest BCUT2D eigenvalue weighted by Crippen LogP contribution is -2.55. The smallest absolute Gasteiger partial charge is 0.257 e. The van der Waals surface area contributed by atoms with Crippen LogP contribution in [0.2, 0.25) is 0 Å². The van der Waals surface area contributed by atoms with E-state index < -0.39 is 0 Å². The third kappa shape index (κ3) is 4.66. The fourth-order valence-electron chi connectivity index (χ4n) is 5.70. The number of rotatable bonds is 6. The molecule has 2 amide bonds. The van der Waals surface area contributed by atoms with Crippen LogP contribution in [0.15, 0.2) is 6.20 Å². The van der Waals surface area contributed by atoms with Gasteiger partial charge in [-0.05, 0) is 44.6 Å². The third-order valence-corrected chi connectivity index (χ3v) is 7.30. The van der Waals surface area contributed by atoms with Crippen LogP contribution in [0.1, 0.15) is 75.3 Å². The standard InChI is InChI=1S/C24H39N5O2/c1-4-21-20(16-25-29(21)17-18(2)3)23(30)26-12-14-27(15-13-26)24(31)22-10-7-11-28(22)19-8-5-6-9-19/h16,18-19,22H,4-15,17H2,1-3H3. The van der Waals surface area contributed by atoms with E-state index in [4.69, 9.17) is 0 Å². The summed E-state index contributed by atoms with van der Waals surface area (Å²) < 4.78 is 1.98. The molecule has 7 nitrogen and oxygen atoms in total. The van der Waals surface area contributed by atoms with Gasteiger partial charge in [0.1, 0.15) is 0 Å². The maximum Gasteiger partial charge on any atom is 0.257 e. The van der Waals surface area contributed by atoms with Crippen molar-refractivity contribution in [1.29, 1.82) is 0 Å². The van der Waals surface area contributed by atoms with Crippen LogP contribution in [0.4, 0.5) is 0 Å². The highest BCUT2D eigenvalue weighted by atomic mass is 16.2. The molecular weight excluding hydrogens is 390 g/mol. The fraction of sp³-hybridized carbons (Fsp3) is 0.792. The molecule has 1 saturated carbocycles. The van der Waals surface area contributed by atoms with Gasteiger partial charge in [0, 0.05) is 38.8 Å². The Labute approximate surface area is 186 Å². The van der Waals surface area contributed by atoms with Crippen LogP contribution in [0.5, 0.6) is 0 Å². The molecule has 0 bridgehead atoms. The summed E-state index contributed by atoms with van der Waals surface area (Å²) in [6.07, 6.45) is 9.75. The molecule has 3 aliphatic rings. The highest BCUT2D eigenvalue weighted by molar-refractivity contribution is 5.95. The first-order valence-corrected chi connectivity index (χ1v) is 12.4. The highest BCUT2D eigenvalue weighted by Crippen LogP contribution is 2.31. The van der Waals surface area contributed by atoms with Crippen molar-refractivity contribution in [3.8, 4) is 0 Å². The molecule has 2 saturated heterocycles. The van der Waals surface area contributed by atoms with Gasteiger partial charge in [-0.3, -0.25) is 19.2 Å². The Morgan fingerprint density at radius 2 is 1.68 bits per heavy atom. The fourth-order valence-corrected chi connectivity index (χ4v) is 5.70. The zero-order valence-electron chi connectivity index (χ0n) is 19.6. The van der Waals surface area contributed by atoms with E-state index in [9.17, 15) is 9.59 Å². The van der Waals surface area contributed by atoms with Crippen LogP contribution < -0.4 is 0 Å². The summed E-state index contributed by atoms with van der Waals surface area (Å²) in [4.78, 5) is 32.9. The molecule has 0 radical (unpaired) electrons. The maximum absolute atomic E-state index is 13.3. The van der Waals surface area contributed by atoms with E-state index in [-0.39, 0.29) is 17.9 Å². The number of hydrogen-bond donors (Lipinski definition) is 0. The largest absolute Gasteiger partial charge is 0.338 e. The number of carbonyl (C=O) groups is 2. The van der Waals surface area contributed by atoms with Crippen molar-refractivity contribution in [1.82, 2.24) is 24.5 Å². The molecule has 31 heavy (non-hydrogen) atoms. The predicted octanol–water partition coefficient (Wildman–Crippen LogP) is 2.79. The molecule has 1 atom stereocenters. The molecule has 1 aromatic heterocycles. The third-order valence-electron chi connectivity index (χ3n) is 7.30. The van der Waals surface area contributed by atoms with Gasteiger partial charge < -0.3 is 9.80 Å². The molecule has 1 aromatic rings. The Kier molecular flexibility index (Phi) is 6.99. The Bertz CT molecular complexity index is 775. The van der Waals surface area contributed by atoms with E-state index in [1.807, 2.05) is 14.5 Å². The molecule has 4 rings (SSSR count). The topological polar surface area (TPSA) is 61.7 Å². The average molecular weight is 430 g/mol. The van der Waals surface area contributed by atoms with E-state index in [1.165, 1.54) is 25.7 Å². The molecule has 0 aromatic carbocycles. The number of hydrogen-bond acceptors (Lipinski definition) is 4. The first-order valence-electron chi connectivity index (χ1n) is 12.4. The molecule has 1 aliphatic carbocycles. The summed E-state index contributed by atoms with van der Waals surface area (Å²) in [5.41, 5.74) is 1.75. The van der Waals surface area contributed by atoms with Gasteiger partial charge in [-0.1, -0.05) is 33.6 Å². The summed E-state index contributed by atoms with van der Waals surface area (Å²) in [6.45, 7) is 10.8. The van der Waals surface area contributed by atoms with Gasteiger partial charge in [0.05, 0.1) is 23.5 Å². The first kappa shape index (κ1) is 22.3. The van der Waals surface area contributed by atoms with E-state index in [2.05, 4.69) is 30.8 Å². The lowest BCUT2D eigenvalue weighted by Gasteiger charge is -2.38.